The van der Waals surface area contributed by atoms with Gasteiger partial charge in [0.05, 0.1) is 0 Å². The molecule has 0 spiro atoms. The Labute approximate surface area is 68.3 Å². The lowest BCUT2D eigenvalue weighted by Gasteiger charge is -1.96. The maximum atomic E-state index is 4.40. The summed E-state index contributed by atoms with van der Waals surface area (Å²) in [5.41, 5.74) is 6.07. The van der Waals surface area contributed by atoms with Gasteiger partial charge in [-0.25, -0.2) is 5.43 Å². The lowest BCUT2D eigenvalue weighted by Crippen LogP contribution is -2.26. The van der Waals surface area contributed by atoms with Crippen molar-refractivity contribution in [2.75, 3.05) is 13.1 Å². The van der Waals surface area contributed by atoms with Crippen LogP contribution in [0.5, 0.6) is 0 Å². The molecule has 0 saturated carbocycles. The summed E-state index contributed by atoms with van der Waals surface area (Å²) < 4.78 is 0. The van der Waals surface area contributed by atoms with Crippen molar-refractivity contribution in [2.24, 2.45) is 4.99 Å². The van der Waals surface area contributed by atoms with E-state index in [-0.39, 0.29) is 0 Å². The van der Waals surface area contributed by atoms with E-state index in [1.54, 1.807) is 0 Å². The van der Waals surface area contributed by atoms with Crippen LogP contribution < -0.4 is 10.9 Å². The molecule has 0 amide bonds. The molecule has 0 aliphatic carbocycles. The molecule has 0 atom stereocenters. The SMILES string of the molecule is CCCCCN=C1CCNN1. The molecule has 1 saturated heterocycles. The Hall–Kier alpha value is -0.570. The average Bonchev–Trinajstić information content (AvgIpc) is 2.50. The van der Waals surface area contributed by atoms with Crippen molar-refractivity contribution < 1.29 is 0 Å². The molecule has 0 bridgehead atoms. The van der Waals surface area contributed by atoms with Gasteiger partial charge in [-0.2, -0.15) is 0 Å². The molecule has 1 heterocycles. The number of rotatable bonds is 4. The van der Waals surface area contributed by atoms with Gasteiger partial charge in [-0.3, -0.25) is 4.99 Å². The van der Waals surface area contributed by atoms with Crippen LogP contribution in [-0.4, -0.2) is 18.9 Å². The number of unbranched alkanes of at least 4 members (excludes halogenated alkanes) is 2. The molecular weight excluding hydrogens is 138 g/mol. The van der Waals surface area contributed by atoms with Gasteiger partial charge in [0.1, 0.15) is 5.84 Å². The Morgan fingerprint density at radius 1 is 1.45 bits per heavy atom. The van der Waals surface area contributed by atoms with E-state index in [1.807, 2.05) is 0 Å². The quantitative estimate of drug-likeness (QED) is 0.596. The zero-order valence-corrected chi connectivity index (χ0v) is 7.19. The van der Waals surface area contributed by atoms with E-state index in [0.29, 0.717) is 0 Å². The molecule has 1 aliphatic heterocycles. The summed E-state index contributed by atoms with van der Waals surface area (Å²) in [6.45, 7) is 4.22. The fourth-order valence-electron chi connectivity index (χ4n) is 1.10. The molecule has 3 nitrogen and oxygen atoms in total. The topological polar surface area (TPSA) is 36.4 Å². The van der Waals surface area contributed by atoms with E-state index in [0.717, 1.165) is 25.3 Å². The van der Waals surface area contributed by atoms with Crippen molar-refractivity contribution in [3.05, 3.63) is 0 Å². The minimum absolute atomic E-state index is 0.984. The van der Waals surface area contributed by atoms with Gasteiger partial charge in [-0.15, -0.1) is 0 Å². The highest BCUT2D eigenvalue weighted by Crippen LogP contribution is 1.95. The second kappa shape index (κ2) is 5.13. The molecule has 0 aromatic carbocycles. The first-order chi connectivity index (χ1) is 5.43. The number of amidine groups is 1. The van der Waals surface area contributed by atoms with E-state index in [2.05, 4.69) is 22.8 Å². The van der Waals surface area contributed by atoms with Crippen molar-refractivity contribution in [3.8, 4) is 0 Å². The molecule has 1 rings (SSSR count). The normalized spacial score (nSPS) is 20.6. The molecular formula is C8H17N3. The second-order valence-corrected chi connectivity index (χ2v) is 2.84. The zero-order chi connectivity index (χ0) is 7.94. The van der Waals surface area contributed by atoms with Crippen LogP contribution in [-0.2, 0) is 0 Å². The lowest BCUT2D eigenvalue weighted by molar-refractivity contribution is 0.719. The summed E-state index contributed by atoms with van der Waals surface area (Å²) >= 11 is 0. The molecule has 1 aliphatic rings. The molecule has 64 valence electrons. The highest BCUT2D eigenvalue weighted by Gasteiger charge is 2.03. The number of hydrazine groups is 1. The molecule has 3 heteroatoms. The summed E-state index contributed by atoms with van der Waals surface area (Å²) in [5, 5.41) is 0. The third-order valence-electron chi connectivity index (χ3n) is 1.78. The van der Waals surface area contributed by atoms with Crippen molar-refractivity contribution in [2.45, 2.75) is 32.6 Å². The van der Waals surface area contributed by atoms with Gasteiger partial charge in [0, 0.05) is 19.5 Å². The van der Waals surface area contributed by atoms with Crippen LogP contribution in [0.2, 0.25) is 0 Å². The Kier molecular flexibility index (Phi) is 3.98. The van der Waals surface area contributed by atoms with Gasteiger partial charge in [0.25, 0.3) is 0 Å². The molecule has 11 heavy (non-hydrogen) atoms. The average molecular weight is 155 g/mol. The molecule has 0 unspecified atom stereocenters. The molecule has 0 aromatic rings. The summed E-state index contributed by atoms with van der Waals surface area (Å²) in [6.07, 6.45) is 4.86. The maximum absolute atomic E-state index is 4.40. The Bertz CT molecular complexity index is 123. The van der Waals surface area contributed by atoms with Crippen LogP contribution in [0.25, 0.3) is 0 Å². The summed E-state index contributed by atoms with van der Waals surface area (Å²) in [4.78, 5) is 4.40. The highest BCUT2D eigenvalue weighted by molar-refractivity contribution is 5.83. The van der Waals surface area contributed by atoms with Crippen molar-refractivity contribution in [1.29, 1.82) is 0 Å². The smallest absolute Gasteiger partial charge is 0.112 e. The first-order valence-electron chi connectivity index (χ1n) is 4.45. The largest absolute Gasteiger partial charge is 0.310 e. The third kappa shape index (κ3) is 3.37. The number of aliphatic imine (C=N–C) groups is 1. The Balaban J connectivity index is 2.03. The number of nitrogens with zero attached hydrogens (tertiary/aromatic N) is 1. The van der Waals surface area contributed by atoms with Crippen molar-refractivity contribution >= 4 is 5.84 Å². The van der Waals surface area contributed by atoms with E-state index in [1.165, 1.54) is 19.3 Å². The van der Waals surface area contributed by atoms with Gasteiger partial charge in [0.15, 0.2) is 0 Å². The minimum Gasteiger partial charge on any atom is -0.310 e. The highest BCUT2D eigenvalue weighted by atomic mass is 15.4. The van der Waals surface area contributed by atoms with E-state index in [9.17, 15) is 0 Å². The summed E-state index contributed by atoms with van der Waals surface area (Å²) in [5.74, 6) is 1.13. The second-order valence-electron chi connectivity index (χ2n) is 2.84. The van der Waals surface area contributed by atoms with Gasteiger partial charge in [-0.1, -0.05) is 19.8 Å². The van der Waals surface area contributed by atoms with Gasteiger partial charge in [-0.05, 0) is 6.42 Å². The lowest BCUT2D eigenvalue weighted by atomic mass is 10.2. The fraction of sp³-hybridized carbons (Fsp3) is 0.875. The van der Waals surface area contributed by atoms with Gasteiger partial charge in [0.2, 0.25) is 0 Å². The Morgan fingerprint density at radius 3 is 3.00 bits per heavy atom. The Morgan fingerprint density at radius 2 is 2.36 bits per heavy atom. The predicted molar refractivity (Wildman–Crippen MR) is 47.6 cm³/mol. The third-order valence-corrected chi connectivity index (χ3v) is 1.78. The van der Waals surface area contributed by atoms with Crippen LogP contribution in [0.3, 0.4) is 0 Å². The fourth-order valence-corrected chi connectivity index (χ4v) is 1.10. The predicted octanol–water partition coefficient (Wildman–Crippen LogP) is 1.07. The summed E-state index contributed by atoms with van der Waals surface area (Å²) in [7, 11) is 0. The van der Waals surface area contributed by atoms with Gasteiger partial charge >= 0.3 is 0 Å². The van der Waals surface area contributed by atoms with E-state index >= 15 is 0 Å². The maximum Gasteiger partial charge on any atom is 0.112 e. The van der Waals surface area contributed by atoms with Crippen molar-refractivity contribution in [1.82, 2.24) is 10.9 Å². The summed E-state index contributed by atoms with van der Waals surface area (Å²) in [6, 6.07) is 0. The van der Waals surface area contributed by atoms with Gasteiger partial charge < -0.3 is 5.43 Å². The first kappa shape index (κ1) is 8.53. The first-order valence-corrected chi connectivity index (χ1v) is 4.45. The molecule has 1 fully saturated rings. The number of hydrogen-bond donors (Lipinski definition) is 2. The van der Waals surface area contributed by atoms with E-state index < -0.39 is 0 Å². The molecule has 0 aromatic heterocycles. The van der Waals surface area contributed by atoms with Crippen LogP contribution in [0, 0.1) is 0 Å². The molecule has 2 N–H and O–H groups in total. The number of hydrogen-bond acceptors (Lipinski definition) is 2. The zero-order valence-electron chi connectivity index (χ0n) is 7.19. The monoisotopic (exact) mass is 155 g/mol. The van der Waals surface area contributed by atoms with Crippen LogP contribution in [0.15, 0.2) is 4.99 Å². The van der Waals surface area contributed by atoms with Crippen LogP contribution in [0.1, 0.15) is 32.6 Å². The minimum atomic E-state index is 0.984. The van der Waals surface area contributed by atoms with Crippen LogP contribution >= 0.6 is 0 Å². The van der Waals surface area contributed by atoms with Crippen LogP contribution in [0.4, 0.5) is 0 Å². The number of nitrogens with one attached hydrogen (secondary N) is 2. The van der Waals surface area contributed by atoms with E-state index in [4.69, 9.17) is 0 Å². The standard InChI is InChI=1S/C8H17N3/c1-2-3-4-6-9-8-5-7-10-11-8/h10H,2-7H2,1H3,(H,9,11). The molecule has 0 radical (unpaired) electrons. The van der Waals surface area contributed by atoms with Crippen molar-refractivity contribution in [3.63, 3.8) is 0 Å².